The van der Waals surface area contributed by atoms with Gasteiger partial charge in [0.25, 0.3) is 0 Å². The molecule has 212 valence electrons. The van der Waals surface area contributed by atoms with Gasteiger partial charge in [-0.15, -0.1) is 10.3 Å². The van der Waals surface area contributed by atoms with Gasteiger partial charge in [-0.2, -0.15) is 0 Å². The lowest BCUT2D eigenvalue weighted by Crippen LogP contribution is -2.43. The Labute approximate surface area is 227 Å². The van der Waals surface area contributed by atoms with Gasteiger partial charge in [0.2, 0.25) is 0 Å². The van der Waals surface area contributed by atoms with Gasteiger partial charge < -0.3 is 13.7 Å². The van der Waals surface area contributed by atoms with Gasteiger partial charge in [-0.3, -0.25) is 9.59 Å². The van der Waals surface area contributed by atoms with E-state index in [4.69, 9.17) is 13.7 Å². The van der Waals surface area contributed by atoms with Crippen LogP contribution in [-0.2, 0) is 23.2 Å². The Bertz CT molecular complexity index is 896. The Morgan fingerprint density at radius 3 is 2.41 bits per heavy atom. The van der Waals surface area contributed by atoms with Crippen molar-refractivity contribution in [2.75, 3.05) is 12.5 Å². The lowest BCUT2D eigenvalue weighted by Gasteiger charge is -2.47. The summed E-state index contributed by atoms with van der Waals surface area (Å²) in [5.41, 5.74) is 0.816. The molecule has 0 aromatic carbocycles. The minimum Gasteiger partial charge on any atom is -0.462 e. The second-order valence-electron chi connectivity index (χ2n) is 13.7. The highest BCUT2D eigenvalue weighted by Crippen LogP contribution is 2.55. The number of carbonyl (C=O) groups excluding carboxylic acids is 2. The fraction of sp³-hybridized carbons (Fsp3) is 0.806. The number of allylic oxidation sites excluding steroid dienone is 3. The molecule has 1 aliphatic heterocycles. The van der Waals surface area contributed by atoms with E-state index >= 15 is 0 Å². The van der Waals surface area contributed by atoms with Crippen LogP contribution in [0.5, 0.6) is 0 Å². The Morgan fingerprint density at radius 2 is 1.78 bits per heavy atom. The van der Waals surface area contributed by atoms with Gasteiger partial charge >= 0.3 is 11.9 Å². The maximum Gasteiger partial charge on any atom is 0.311 e. The number of carbonyl (C=O) groups is 2. The van der Waals surface area contributed by atoms with Crippen molar-refractivity contribution in [1.29, 1.82) is 0 Å². The summed E-state index contributed by atoms with van der Waals surface area (Å²) in [5.74, 6) is 1.01. The van der Waals surface area contributed by atoms with Crippen LogP contribution in [0.2, 0.25) is 0 Å². The molecule has 6 heteroatoms. The molecule has 0 amide bonds. The average molecular weight is 537 g/mol. The number of fused-ring (bicyclic) bond motifs is 1. The van der Waals surface area contributed by atoms with Crippen LogP contribution in [-0.4, -0.2) is 47.5 Å². The number of rotatable bonds is 8. The van der Waals surface area contributed by atoms with Crippen LogP contribution in [0, 0.1) is 29.1 Å². The van der Waals surface area contributed by atoms with Gasteiger partial charge in [0, 0.05) is 17.1 Å². The highest BCUT2D eigenvalue weighted by atomic mass is 32.3. The van der Waals surface area contributed by atoms with E-state index < -0.39 is 15.7 Å². The Morgan fingerprint density at radius 1 is 1.11 bits per heavy atom. The van der Waals surface area contributed by atoms with E-state index in [9.17, 15) is 9.59 Å². The fourth-order valence-electron chi connectivity index (χ4n) is 5.62. The molecule has 0 N–H and O–H groups in total. The zero-order valence-electron chi connectivity index (χ0n) is 25.0. The molecule has 5 nitrogen and oxygen atoms in total. The van der Waals surface area contributed by atoms with Gasteiger partial charge in [-0.25, -0.2) is 0 Å². The van der Waals surface area contributed by atoms with Crippen LogP contribution in [0.15, 0.2) is 23.8 Å². The van der Waals surface area contributed by atoms with E-state index in [1.807, 2.05) is 20.8 Å². The molecule has 1 fully saturated rings. The molecule has 2 aliphatic carbocycles. The van der Waals surface area contributed by atoms with Crippen molar-refractivity contribution in [1.82, 2.24) is 0 Å². The molecule has 37 heavy (non-hydrogen) atoms. The Hall–Kier alpha value is -1.27. The van der Waals surface area contributed by atoms with E-state index in [1.165, 1.54) is 5.57 Å². The summed E-state index contributed by atoms with van der Waals surface area (Å²) in [6.45, 7) is 17.1. The van der Waals surface area contributed by atoms with Gasteiger partial charge in [-0.05, 0) is 75.4 Å². The Kier molecular flexibility index (Phi) is 9.37. The van der Waals surface area contributed by atoms with Gasteiger partial charge in [-0.1, -0.05) is 59.8 Å². The van der Waals surface area contributed by atoms with Crippen LogP contribution in [0.25, 0.3) is 0 Å². The summed E-state index contributed by atoms with van der Waals surface area (Å²) in [5, 5.41) is 0. The van der Waals surface area contributed by atoms with Crippen molar-refractivity contribution in [3.63, 3.8) is 0 Å². The minimum atomic E-state index is -1.32. The summed E-state index contributed by atoms with van der Waals surface area (Å²) in [7, 11) is -1.32. The molecule has 0 bridgehead atoms. The second kappa shape index (κ2) is 11.5. The van der Waals surface area contributed by atoms with Crippen LogP contribution in [0.3, 0.4) is 0 Å². The van der Waals surface area contributed by atoms with E-state index in [0.29, 0.717) is 24.2 Å². The summed E-state index contributed by atoms with van der Waals surface area (Å²) in [4.78, 5) is 25.6. The monoisotopic (exact) mass is 536 g/mol. The predicted octanol–water partition coefficient (Wildman–Crippen LogP) is 7.39. The van der Waals surface area contributed by atoms with Gasteiger partial charge in [0.15, 0.2) is 0 Å². The topological polar surface area (TPSA) is 61.8 Å². The smallest absolute Gasteiger partial charge is 0.311 e. The maximum absolute atomic E-state index is 13.1. The van der Waals surface area contributed by atoms with Crippen LogP contribution < -0.4 is 0 Å². The quantitative estimate of drug-likeness (QED) is 0.303. The number of ether oxygens (including phenoxy) is 2. The molecule has 0 saturated carbocycles. The number of hydrogen-bond acceptors (Lipinski definition) is 5. The van der Waals surface area contributed by atoms with E-state index in [1.54, 1.807) is 0 Å². The first kappa shape index (κ1) is 30.3. The van der Waals surface area contributed by atoms with Gasteiger partial charge in [0.05, 0.1) is 17.9 Å². The molecular formula is C31H52O5S. The van der Waals surface area contributed by atoms with E-state index in [0.717, 1.165) is 32.1 Å². The average Bonchev–Trinajstić information content (AvgIpc) is 2.77. The lowest BCUT2D eigenvalue weighted by atomic mass is 9.65. The first-order valence-corrected chi connectivity index (χ1v) is 16.6. The molecule has 0 aromatic heterocycles. The lowest BCUT2D eigenvalue weighted by molar-refractivity contribution is -0.165. The van der Waals surface area contributed by atoms with Crippen LogP contribution >= 0.6 is 10.3 Å². The van der Waals surface area contributed by atoms with Crippen molar-refractivity contribution in [2.24, 2.45) is 29.1 Å². The summed E-state index contributed by atoms with van der Waals surface area (Å²) < 4.78 is 18.7. The summed E-state index contributed by atoms with van der Waals surface area (Å²) in [6, 6.07) is 0. The third kappa shape index (κ3) is 7.23. The summed E-state index contributed by atoms with van der Waals surface area (Å²) >= 11 is 0. The molecule has 7 atom stereocenters. The van der Waals surface area contributed by atoms with Crippen molar-refractivity contribution in [3.05, 3.63) is 23.8 Å². The summed E-state index contributed by atoms with van der Waals surface area (Å²) in [6.07, 6.45) is 15.4. The van der Waals surface area contributed by atoms with Crippen molar-refractivity contribution in [3.8, 4) is 0 Å². The van der Waals surface area contributed by atoms with Crippen molar-refractivity contribution < 1.29 is 23.2 Å². The molecule has 0 unspecified atom stereocenters. The maximum atomic E-state index is 13.1. The fourth-order valence-corrected chi connectivity index (χ4v) is 6.74. The minimum absolute atomic E-state index is 0.0490. The SMILES string of the molecule is CCC(C)(C)C(=O)O[C@H]1C[C@@H](C)C=C2C=C[C@H](C)[C@H](CC[C@@H]3C[C@@H](OS(C)(C)C(C)(C)C)CC(=O)O3)[C@H]21. The molecule has 0 spiro atoms. The van der Waals surface area contributed by atoms with Gasteiger partial charge in [0.1, 0.15) is 12.2 Å². The molecule has 3 rings (SSSR count). The molecule has 1 heterocycles. The van der Waals surface area contributed by atoms with Crippen LogP contribution in [0.1, 0.15) is 93.9 Å². The molecule has 0 radical (unpaired) electrons. The zero-order chi connectivity index (χ0) is 27.8. The first-order valence-electron chi connectivity index (χ1n) is 14.3. The number of esters is 2. The zero-order valence-corrected chi connectivity index (χ0v) is 25.8. The molecule has 3 aliphatic rings. The van der Waals surface area contributed by atoms with Crippen molar-refractivity contribution >= 4 is 22.2 Å². The third-order valence-electron chi connectivity index (χ3n) is 9.18. The highest BCUT2D eigenvalue weighted by Gasteiger charge is 2.44. The van der Waals surface area contributed by atoms with Crippen molar-refractivity contribution in [2.45, 2.75) is 117 Å². The number of hydrogen-bond donors (Lipinski definition) is 0. The second-order valence-corrected chi connectivity index (χ2v) is 17.5. The molecule has 0 aromatic rings. The first-order chi connectivity index (χ1) is 17.0. The van der Waals surface area contributed by atoms with E-state index in [2.05, 4.69) is 65.4 Å². The van der Waals surface area contributed by atoms with Crippen LogP contribution in [0.4, 0.5) is 0 Å². The standard InChI is InChI=1S/C31H52O5S/c1-11-31(7,8)29(33)35-26-17-20(2)16-22-13-12-21(3)25(28(22)26)15-14-23-18-24(19-27(32)34-23)36-37(9,10)30(4,5)6/h12-13,16,20-21,23-26,28H,11,14-15,17-19H2,1-10H3/t20-,21-,23+,24+,25-,26-,28-/m0/s1. The highest BCUT2D eigenvalue weighted by molar-refractivity contribution is 8.29. The number of cyclic esters (lactones) is 1. The largest absolute Gasteiger partial charge is 0.462 e. The normalized spacial score (nSPS) is 33.3. The molecular weight excluding hydrogens is 484 g/mol. The molecule has 1 saturated heterocycles. The Balaban J connectivity index is 1.73. The predicted molar refractivity (Wildman–Crippen MR) is 154 cm³/mol. The third-order valence-corrected chi connectivity index (χ3v) is 12.9. The van der Waals surface area contributed by atoms with E-state index in [-0.39, 0.29) is 40.9 Å².